The largest absolute Gasteiger partial charge is 0.480 e. The monoisotopic (exact) mass is 357 g/mol. The number of hydrogen-bond donors (Lipinski definition) is 0. The van der Waals surface area contributed by atoms with Crippen molar-refractivity contribution in [1.82, 2.24) is 24.9 Å². The molecule has 0 aliphatic carbocycles. The van der Waals surface area contributed by atoms with Crippen molar-refractivity contribution in [1.29, 1.82) is 0 Å². The van der Waals surface area contributed by atoms with E-state index in [-0.39, 0.29) is 24.0 Å². The van der Waals surface area contributed by atoms with E-state index in [1.165, 1.54) is 0 Å². The molecule has 138 valence electrons. The molecule has 2 aromatic rings. The van der Waals surface area contributed by atoms with Gasteiger partial charge in [0.15, 0.2) is 0 Å². The molecule has 26 heavy (non-hydrogen) atoms. The highest BCUT2D eigenvalue weighted by Crippen LogP contribution is 2.41. The van der Waals surface area contributed by atoms with E-state index < -0.39 is 0 Å². The Morgan fingerprint density at radius 3 is 2.69 bits per heavy atom. The van der Waals surface area contributed by atoms with Crippen molar-refractivity contribution >= 4 is 5.91 Å². The molecule has 2 bridgehead atoms. The summed E-state index contributed by atoms with van der Waals surface area (Å²) in [5.74, 6) is 0.402. The fourth-order valence-electron chi connectivity index (χ4n) is 4.26. The van der Waals surface area contributed by atoms with Crippen LogP contribution in [0.15, 0.2) is 24.5 Å². The summed E-state index contributed by atoms with van der Waals surface area (Å²) in [5.41, 5.74) is 1.37. The number of carbonyl (C=O) groups excluding carboxylic acids is 1. The number of methoxy groups -OCH3 is 2. The van der Waals surface area contributed by atoms with Gasteiger partial charge in [-0.3, -0.25) is 4.79 Å². The van der Waals surface area contributed by atoms with E-state index in [0.717, 1.165) is 31.4 Å². The lowest BCUT2D eigenvalue weighted by Crippen LogP contribution is -2.47. The van der Waals surface area contributed by atoms with E-state index in [2.05, 4.69) is 15.3 Å². The van der Waals surface area contributed by atoms with Crippen molar-refractivity contribution in [3.63, 3.8) is 0 Å². The van der Waals surface area contributed by atoms with Crippen molar-refractivity contribution in [3.8, 4) is 5.88 Å². The zero-order chi connectivity index (χ0) is 18.1. The molecule has 2 atom stereocenters. The zero-order valence-electron chi connectivity index (χ0n) is 15.0. The maximum Gasteiger partial charge on any atom is 0.259 e. The number of hydrogen-bond acceptors (Lipinski definition) is 6. The lowest BCUT2D eigenvalue weighted by atomic mass is 9.96. The van der Waals surface area contributed by atoms with Crippen molar-refractivity contribution in [2.45, 2.75) is 50.4 Å². The third-order valence-electron chi connectivity index (χ3n) is 5.36. The molecule has 2 saturated heterocycles. The minimum absolute atomic E-state index is 0.0135. The van der Waals surface area contributed by atoms with Gasteiger partial charge in [0.1, 0.15) is 11.3 Å². The summed E-state index contributed by atoms with van der Waals surface area (Å²) in [4.78, 5) is 19.3. The first kappa shape index (κ1) is 17.0. The summed E-state index contributed by atoms with van der Waals surface area (Å²) < 4.78 is 12.3. The van der Waals surface area contributed by atoms with Gasteiger partial charge in [0.25, 0.3) is 5.91 Å². The molecule has 2 aliphatic rings. The first-order chi connectivity index (χ1) is 12.7. The number of aromatic nitrogens is 4. The average Bonchev–Trinajstić information content (AvgIpc) is 3.23. The van der Waals surface area contributed by atoms with Gasteiger partial charge in [-0.2, -0.15) is 0 Å². The Morgan fingerprint density at radius 2 is 2.00 bits per heavy atom. The predicted molar refractivity (Wildman–Crippen MR) is 92.8 cm³/mol. The number of carbonyl (C=O) groups is 1. The van der Waals surface area contributed by atoms with Crippen LogP contribution in [0.3, 0.4) is 0 Å². The fourth-order valence-corrected chi connectivity index (χ4v) is 4.26. The average molecular weight is 357 g/mol. The summed E-state index contributed by atoms with van der Waals surface area (Å²) in [7, 11) is 3.19. The standard InChI is InChI=1S/C18H23N5O3/c1-25-11-12-10-22(21-20-12)15-8-13-5-6-14(9-15)23(13)18(24)16-4-3-7-19-17(16)26-2/h3-4,7,10,13-15H,5-6,8-9,11H2,1-2H3. The van der Waals surface area contributed by atoms with Crippen LogP contribution in [0.5, 0.6) is 5.88 Å². The summed E-state index contributed by atoms with van der Waals surface area (Å²) in [5, 5.41) is 8.42. The zero-order valence-corrected chi connectivity index (χ0v) is 15.0. The third kappa shape index (κ3) is 2.94. The van der Waals surface area contributed by atoms with Crippen LogP contribution in [0.2, 0.25) is 0 Å². The number of nitrogens with zero attached hydrogens (tertiary/aromatic N) is 5. The highest BCUT2D eigenvalue weighted by molar-refractivity contribution is 5.97. The molecule has 4 heterocycles. The second kappa shape index (κ2) is 7.03. The summed E-state index contributed by atoms with van der Waals surface area (Å²) in [6.45, 7) is 0.463. The summed E-state index contributed by atoms with van der Waals surface area (Å²) >= 11 is 0. The number of pyridine rings is 1. The molecule has 4 rings (SSSR count). The summed E-state index contributed by atoms with van der Waals surface area (Å²) in [6, 6.07) is 4.26. The highest BCUT2D eigenvalue weighted by atomic mass is 16.5. The van der Waals surface area contributed by atoms with Crippen LogP contribution in [-0.2, 0) is 11.3 Å². The number of fused-ring (bicyclic) bond motifs is 2. The Bertz CT molecular complexity index is 779. The van der Waals surface area contributed by atoms with Crippen LogP contribution in [0.25, 0.3) is 0 Å². The van der Waals surface area contributed by atoms with Gasteiger partial charge in [0, 0.05) is 25.4 Å². The van der Waals surface area contributed by atoms with Gasteiger partial charge in [0.2, 0.25) is 5.88 Å². The minimum atomic E-state index is 0.0135. The second-order valence-electron chi connectivity index (χ2n) is 6.91. The number of piperidine rings is 1. The Morgan fingerprint density at radius 1 is 1.23 bits per heavy atom. The number of amides is 1. The molecule has 0 saturated carbocycles. The van der Waals surface area contributed by atoms with Crippen molar-refractivity contribution < 1.29 is 14.3 Å². The maximum absolute atomic E-state index is 13.1. The van der Waals surface area contributed by atoms with Crippen molar-refractivity contribution in [3.05, 3.63) is 35.8 Å². The van der Waals surface area contributed by atoms with Crippen LogP contribution in [0.4, 0.5) is 0 Å². The van der Waals surface area contributed by atoms with E-state index >= 15 is 0 Å². The third-order valence-corrected chi connectivity index (χ3v) is 5.36. The molecular formula is C18H23N5O3. The van der Waals surface area contributed by atoms with E-state index in [4.69, 9.17) is 9.47 Å². The molecule has 2 fully saturated rings. The Labute approximate surface area is 152 Å². The molecule has 0 aromatic carbocycles. The molecule has 0 N–H and O–H groups in total. The molecule has 2 unspecified atom stereocenters. The smallest absolute Gasteiger partial charge is 0.259 e. The first-order valence-corrected chi connectivity index (χ1v) is 8.92. The fraction of sp³-hybridized carbons (Fsp3) is 0.556. The molecule has 8 nitrogen and oxygen atoms in total. The van der Waals surface area contributed by atoms with Crippen LogP contribution in [-0.4, -0.2) is 57.1 Å². The molecule has 2 aromatic heterocycles. The quantitative estimate of drug-likeness (QED) is 0.812. The lowest BCUT2D eigenvalue weighted by Gasteiger charge is -2.39. The predicted octanol–water partition coefficient (Wildman–Crippen LogP) is 1.84. The molecule has 8 heteroatoms. The number of ether oxygens (including phenoxy) is 2. The van der Waals surface area contributed by atoms with Gasteiger partial charge in [-0.15, -0.1) is 5.10 Å². The molecular weight excluding hydrogens is 334 g/mol. The van der Waals surface area contributed by atoms with Crippen LogP contribution in [0.1, 0.15) is 47.8 Å². The summed E-state index contributed by atoms with van der Waals surface area (Å²) in [6.07, 6.45) is 7.42. The lowest BCUT2D eigenvalue weighted by molar-refractivity contribution is 0.0519. The van der Waals surface area contributed by atoms with Crippen LogP contribution >= 0.6 is 0 Å². The molecule has 1 amide bonds. The topological polar surface area (TPSA) is 82.4 Å². The Hall–Kier alpha value is -2.48. The molecule has 0 spiro atoms. The van der Waals surface area contributed by atoms with E-state index in [0.29, 0.717) is 18.1 Å². The maximum atomic E-state index is 13.1. The number of rotatable bonds is 5. The normalized spacial score (nSPS) is 24.7. The Kier molecular flexibility index (Phi) is 4.58. The molecule has 2 aliphatic heterocycles. The van der Waals surface area contributed by atoms with Gasteiger partial charge >= 0.3 is 0 Å². The van der Waals surface area contributed by atoms with Gasteiger partial charge in [-0.25, -0.2) is 9.67 Å². The van der Waals surface area contributed by atoms with Gasteiger partial charge in [-0.05, 0) is 37.8 Å². The van der Waals surface area contributed by atoms with Gasteiger partial charge in [0.05, 0.1) is 26.0 Å². The van der Waals surface area contributed by atoms with Gasteiger partial charge in [-0.1, -0.05) is 5.21 Å². The first-order valence-electron chi connectivity index (χ1n) is 8.92. The van der Waals surface area contributed by atoms with E-state index in [9.17, 15) is 4.79 Å². The van der Waals surface area contributed by atoms with Crippen molar-refractivity contribution in [2.75, 3.05) is 14.2 Å². The van der Waals surface area contributed by atoms with Crippen molar-refractivity contribution in [2.24, 2.45) is 0 Å². The SMILES string of the molecule is COCc1cn(C2CC3CCC(C2)N3C(=O)c2cccnc2OC)nn1. The highest BCUT2D eigenvalue weighted by Gasteiger charge is 2.44. The minimum Gasteiger partial charge on any atom is -0.480 e. The second-order valence-corrected chi connectivity index (χ2v) is 6.91. The Balaban J connectivity index is 1.52. The van der Waals surface area contributed by atoms with Gasteiger partial charge < -0.3 is 14.4 Å². The van der Waals surface area contributed by atoms with E-state index in [1.807, 2.05) is 15.8 Å². The van der Waals surface area contributed by atoms with E-state index in [1.54, 1.807) is 32.5 Å². The van der Waals surface area contributed by atoms with Crippen LogP contribution in [0, 0.1) is 0 Å². The van der Waals surface area contributed by atoms with Crippen LogP contribution < -0.4 is 4.74 Å². The molecule has 0 radical (unpaired) electrons.